The van der Waals surface area contributed by atoms with Crippen molar-refractivity contribution in [3.8, 4) is 0 Å². The second-order valence-electron chi connectivity index (χ2n) is 4.22. The van der Waals surface area contributed by atoms with E-state index in [1.54, 1.807) is 0 Å². The fourth-order valence-electron chi connectivity index (χ4n) is 1.74. The van der Waals surface area contributed by atoms with E-state index in [0.717, 1.165) is 13.1 Å². The molecule has 1 saturated heterocycles. The number of nitrogens with zero attached hydrogens (tertiary/aromatic N) is 1. The maximum atomic E-state index is 9.83. The maximum Gasteiger partial charge on any atom is 0.105 e. The summed E-state index contributed by atoms with van der Waals surface area (Å²) in [6, 6.07) is 0.510. The van der Waals surface area contributed by atoms with Gasteiger partial charge in [0.15, 0.2) is 0 Å². The minimum Gasteiger partial charge on any atom is -0.388 e. The fourth-order valence-corrected chi connectivity index (χ4v) is 1.74. The third kappa shape index (κ3) is 4.07. The molecular formula is C11H23NO3. The Kier molecular flexibility index (Phi) is 5.53. The molecule has 1 rings (SSSR count). The van der Waals surface area contributed by atoms with Crippen molar-refractivity contribution in [2.75, 3.05) is 32.9 Å². The zero-order valence-corrected chi connectivity index (χ0v) is 9.98. The van der Waals surface area contributed by atoms with Crippen LogP contribution in [-0.2, 0) is 9.47 Å². The highest BCUT2D eigenvalue weighted by Gasteiger charge is 2.27. The molecule has 0 amide bonds. The first-order valence-electron chi connectivity index (χ1n) is 5.76. The van der Waals surface area contributed by atoms with Crippen molar-refractivity contribution in [2.45, 2.75) is 39.0 Å². The van der Waals surface area contributed by atoms with Gasteiger partial charge in [0.25, 0.3) is 0 Å². The highest BCUT2D eigenvalue weighted by molar-refractivity contribution is 4.79. The largest absolute Gasteiger partial charge is 0.388 e. The second-order valence-corrected chi connectivity index (χ2v) is 4.22. The Hall–Kier alpha value is -0.160. The summed E-state index contributed by atoms with van der Waals surface area (Å²) in [5, 5.41) is 9.83. The molecule has 2 atom stereocenters. The molecule has 1 fully saturated rings. The van der Waals surface area contributed by atoms with Crippen molar-refractivity contribution in [2.24, 2.45) is 0 Å². The summed E-state index contributed by atoms with van der Waals surface area (Å²) in [7, 11) is 0. The van der Waals surface area contributed by atoms with E-state index in [9.17, 15) is 5.11 Å². The lowest BCUT2D eigenvalue weighted by Crippen LogP contribution is -2.51. The van der Waals surface area contributed by atoms with E-state index in [4.69, 9.17) is 9.47 Å². The van der Waals surface area contributed by atoms with Crippen LogP contribution >= 0.6 is 0 Å². The molecule has 1 aliphatic rings. The SMILES string of the molecule is CCOCC(O)C1CN(C(C)C)CCO1. The van der Waals surface area contributed by atoms with Crippen LogP contribution in [0.25, 0.3) is 0 Å². The zero-order chi connectivity index (χ0) is 11.3. The average Bonchev–Trinajstić information content (AvgIpc) is 2.26. The number of hydrogen-bond acceptors (Lipinski definition) is 4. The molecule has 0 saturated carbocycles. The fraction of sp³-hybridized carbons (Fsp3) is 1.00. The predicted molar refractivity (Wildman–Crippen MR) is 58.9 cm³/mol. The number of aliphatic hydroxyl groups excluding tert-OH is 1. The summed E-state index contributed by atoms with van der Waals surface area (Å²) in [6.07, 6.45) is -0.612. The normalized spacial score (nSPS) is 25.8. The Labute approximate surface area is 92.2 Å². The second kappa shape index (κ2) is 6.43. The third-order valence-corrected chi connectivity index (χ3v) is 2.78. The number of morpholine rings is 1. The van der Waals surface area contributed by atoms with E-state index >= 15 is 0 Å². The molecule has 90 valence electrons. The van der Waals surface area contributed by atoms with E-state index in [1.165, 1.54) is 0 Å². The highest BCUT2D eigenvalue weighted by Crippen LogP contribution is 2.12. The lowest BCUT2D eigenvalue weighted by atomic mass is 10.1. The zero-order valence-electron chi connectivity index (χ0n) is 9.98. The van der Waals surface area contributed by atoms with Gasteiger partial charge in [0, 0.05) is 25.7 Å². The quantitative estimate of drug-likeness (QED) is 0.728. The van der Waals surface area contributed by atoms with Crippen molar-refractivity contribution in [1.82, 2.24) is 4.90 Å². The first kappa shape index (κ1) is 12.9. The van der Waals surface area contributed by atoms with Crippen LogP contribution in [0, 0.1) is 0 Å². The molecule has 1 heterocycles. The monoisotopic (exact) mass is 217 g/mol. The lowest BCUT2D eigenvalue weighted by Gasteiger charge is -2.37. The van der Waals surface area contributed by atoms with Gasteiger partial charge in [-0.05, 0) is 20.8 Å². The van der Waals surface area contributed by atoms with Crippen LogP contribution in [0.15, 0.2) is 0 Å². The minimum absolute atomic E-state index is 0.104. The summed E-state index contributed by atoms with van der Waals surface area (Å²) < 4.78 is 10.7. The number of ether oxygens (including phenoxy) is 2. The predicted octanol–water partition coefficient (Wildman–Crippen LogP) is 0.493. The Morgan fingerprint density at radius 2 is 2.27 bits per heavy atom. The van der Waals surface area contributed by atoms with Crippen LogP contribution in [-0.4, -0.2) is 61.2 Å². The van der Waals surface area contributed by atoms with Gasteiger partial charge in [-0.1, -0.05) is 0 Å². The lowest BCUT2D eigenvalue weighted by molar-refractivity contribution is -0.113. The molecule has 0 aromatic rings. The molecule has 1 N–H and O–H groups in total. The van der Waals surface area contributed by atoms with Gasteiger partial charge < -0.3 is 14.6 Å². The molecule has 2 unspecified atom stereocenters. The van der Waals surface area contributed by atoms with Gasteiger partial charge in [0.1, 0.15) is 6.10 Å². The van der Waals surface area contributed by atoms with Crippen molar-refractivity contribution in [3.05, 3.63) is 0 Å². The van der Waals surface area contributed by atoms with Crippen LogP contribution in [0.1, 0.15) is 20.8 Å². The first-order valence-corrected chi connectivity index (χ1v) is 5.76. The molecule has 0 aliphatic carbocycles. The first-order chi connectivity index (χ1) is 7.15. The van der Waals surface area contributed by atoms with E-state index in [0.29, 0.717) is 25.9 Å². The molecule has 4 heteroatoms. The van der Waals surface area contributed by atoms with Gasteiger partial charge in [-0.2, -0.15) is 0 Å². The van der Waals surface area contributed by atoms with Crippen molar-refractivity contribution in [3.63, 3.8) is 0 Å². The van der Waals surface area contributed by atoms with E-state index in [1.807, 2.05) is 6.92 Å². The smallest absolute Gasteiger partial charge is 0.105 e. The number of aliphatic hydroxyl groups is 1. The Morgan fingerprint density at radius 1 is 1.53 bits per heavy atom. The van der Waals surface area contributed by atoms with Gasteiger partial charge in [-0.3, -0.25) is 4.90 Å². The van der Waals surface area contributed by atoms with Crippen molar-refractivity contribution in [1.29, 1.82) is 0 Å². The van der Waals surface area contributed by atoms with Crippen LogP contribution in [0.4, 0.5) is 0 Å². The summed E-state index contributed by atoms with van der Waals surface area (Å²) >= 11 is 0. The number of rotatable bonds is 5. The maximum absolute atomic E-state index is 9.83. The van der Waals surface area contributed by atoms with Gasteiger partial charge in [-0.15, -0.1) is 0 Å². The topological polar surface area (TPSA) is 41.9 Å². The molecule has 0 aromatic heterocycles. The van der Waals surface area contributed by atoms with E-state index in [2.05, 4.69) is 18.7 Å². The molecule has 1 aliphatic heterocycles. The van der Waals surface area contributed by atoms with Gasteiger partial charge >= 0.3 is 0 Å². The number of hydrogen-bond donors (Lipinski definition) is 1. The molecule has 15 heavy (non-hydrogen) atoms. The van der Waals surface area contributed by atoms with Crippen molar-refractivity contribution < 1.29 is 14.6 Å². The van der Waals surface area contributed by atoms with Crippen LogP contribution in [0.3, 0.4) is 0 Å². The Bertz CT molecular complexity index is 175. The van der Waals surface area contributed by atoms with Gasteiger partial charge in [-0.25, -0.2) is 0 Å². The summed E-state index contributed by atoms with van der Waals surface area (Å²) in [6.45, 7) is 9.71. The van der Waals surface area contributed by atoms with E-state index < -0.39 is 6.10 Å². The summed E-state index contributed by atoms with van der Waals surface area (Å²) in [5.41, 5.74) is 0. The Balaban J connectivity index is 2.34. The molecule has 0 spiro atoms. The van der Waals surface area contributed by atoms with Crippen LogP contribution in [0.5, 0.6) is 0 Å². The summed E-state index contributed by atoms with van der Waals surface area (Å²) in [5.74, 6) is 0. The highest BCUT2D eigenvalue weighted by atomic mass is 16.5. The Morgan fingerprint density at radius 3 is 2.87 bits per heavy atom. The molecule has 0 radical (unpaired) electrons. The molecule has 4 nitrogen and oxygen atoms in total. The molecule has 0 aromatic carbocycles. The van der Waals surface area contributed by atoms with Crippen LogP contribution in [0.2, 0.25) is 0 Å². The third-order valence-electron chi connectivity index (χ3n) is 2.78. The minimum atomic E-state index is -0.508. The molecular weight excluding hydrogens is 194 g/mol. The summed E-state index contributed by atoms with van der Waals surface area (Å²) in [4.78, 5) is 2.32. The average molecular weight is 217 g/mol. The van der Waals surface area contributed by atoms with Crippen LogP contribution < -0.4 is 0 Å². The van der Waals surface area contributed by atoms with Gasteiger partial charge in [0.2, 0.25) is 0 Å². The van der Waals surface area contributed by atoms with Crippen molar-refractivity contribution >= 4 is 0 Å². The molecule has 0 bridgehead atoms. The van der Waals surface area contributed by atoms with E-state index in [-0.39, 0.29) is 6.10 Å². The van der Waals surface area contributed by atoms with Gasteiger partial charge in [0.05, 0.1) is 19.3 Å². The standard InChI is InChI=1S/C11H23NO3/c1-4-14-8-10(13)11-7-12(9(2)3)5-6-15-11/h9-11,13H,4-8H2,1-3H3.